The first kappa shape index (κ1) is 24.4. The Morgan fingerprint density at radius 3 is 2.64 bits per heavy atom. The van der Waals surface area contributed by atoms with Crippen molar-refractivity contribution in [2.75, 3.05) is 32.8 Å². The largest absolute Gasteiger partial charge is 0.434 e. The molecule has 0 amide bonds. The fourth-order valence-electron chi connectivity index (χ4n) is 1.73. The van der Waals surface area contributed by atoms with Crippen LogP contribution in [0.15, 0.2) is 10.4 Å². The van der Waals surface area contributed by atoms with E-state index in [1.165, 1.54) is 0 Å². The second-order valence-electron chi connectivity index (χ2n) is 5.53. The van der Waals surface area contributed by atoms with Crippen LogP contribution in [0.5, 0.6) is 0 Å². The molecule has 1 heterocycles. The topological polar surface area (TPSA) is 58.5 Å². The molecule has 0 saturated carbocycles. The van der Waals surface area contributed by atoms with E-state index >= 15 is 0 Å². The third kappa shape index (κ3) is 10.9. The molecule has 0 aromatic carbocycles. The smallest absolute Gasteiger partial charge is 0.379 e. The van der Waals surface area contributed by atoms with Crippen molar-refractivity contribution in [3.63, 3.8) is 0 Å². The third-order valence-corrected chi connectivity index (χ3v) is 3.68. The third-order valence-electron chi connectivity index (χ3n) is 2.77. The number of rotatable bonds is 9. The molecule has 0 fully saturated rings. The van der Waals surface area contributed by atoms with Crippen molar-refractivity contribution in [3.8, 4) is 0 Å². The molecular weight excluding hydrogens is 468 g/mol. The van der Waals surface area contributed by atoms with Gasteiger partial charge >= 0.3 is 6.18 Å². The van der Waals surface area contributed by atoms with Gasteiger partial charge in [0.2, 0.25) is 0 Å². The molecule has 25 heavy (non-hydrogen) atoms. The number of aromatic nitrogens is 1. The van der Waals surface area contributed by atoms with E-state index in [0.717, 1.165) is 16.7 Å². The molecule has 1 rings (SSSR count). The van der Waals surface area contributed by atoms with E-state index in [2.05, 4.69) is 34.5 Å². The van der Waals surface area contributed by atoms with Crippen molar-refractivity contribution in [2.45, 2.75) is 33.4 Å². The van der Waals surface area contributed by atoms with Crippen molar-refractivity contribution in [1.29, 1.82) is 0 Å². The maximum absolute atomic E-state index is 12.5. The van der Waals surface area contributed by atoms with Gasteiger partial charge in [-0.05, 0) is 12.8 Å². The van der Waals surface area contributed by atoms with Gasteiger partial charge in [-0.3, -0.25) is 4.99 Å². The van der Waals surface area contributed by atoms with Crippen LogP contribution in [0, 0.1) is 5.92 Å². The number of halogens is 4. The Morgan fingerprint density at radius 2 is 2.08 bits per heavy atom. The van der Waals surface area contributed by atoms with Gasteiger partial charge in [-0.15, -0.1) is 35.3 Å². The Bertz CT molecular complexity index is 509. The molecule has 5 nitrogen and oxygen atoms in total. The van der Waals surface area contributed by atoms with Crippen LogP contribution in [0.4, 0.5) is 13.2 Å². The summed E-state index contributed by atoms with van der Waals surface area (Å²) < 4.78 is 42.9. The Hall–Kier alpha value is -0.620. The molecular formula is C15H26F3IN4OS. The molecule has 0 aliphatic heterocycles. The number of ether oxygens (including phenoxy) is 1. The van der Waals surface area contributed by atoms with Crippen LogP contribution >= 0.6 is 35.3 Å². The average Bonchev–Trinajstić information content (AvgIpc) is 2.95. The van der Waals surface area contributed by atoms with Crippen molar-refractivity contribution in [2.24, 2.45) is 10.9 Å². The highest BCUT2D eigenvalue weighted by atomic mass is 127. The van der Waals surface area contributed by atoms with Crippen molar-refractivity contribution in [1.82, 2.24) is 15.6 Å². The van der Waals surface area contributed by atoms with Gasteiger partial charge < -0.3 is 15.4 Å². The van der Waals surface area contributed by atoms with Gasteiger partial charge in [0, 0.05) is 31.5 Å². The molecule has 1 aromatic rings. The number of guanidine groups is 1. The fraction of sp³-hybridized carbons (Fsp3) is 0.733. The van der Waals surface area contributed by atoms with Crippen LogP contribution in [0.2, 0.25) is 0 Å². The van der Waals surface area contributed by atoms with Crippen molar-refractivity contribution < 1.29 is 17.9 Å². The summed E-state index contributed by atoms with van der Waals surface area (Å²) in [5.74, 6) is 1.11. The SMILES string of the molecule is CCNC(=NCCOCC(C)C)NCCc1nc(C(F)(F)F)cs1.I. The number of thiazole rings is 1. The molecule has 0 spiro atoms. The molecule has 10 heteroatoms. The summed E-state index contributed by atoms with van der Waals surface area (Å²) in [4.78, 5) is 7.96. The highest BCUT2D eigenvalue weighted by molar-refractivity contribution is 14.0. The summed E-state index contributed by atoms with van der Waals surface area (Å²) in [7, 11) is 0. The predicted octanol–water partition coefficient (Wildman–Crippen LogP) is 3.55. The summed E-state index contributed by atoms with van der Waals surface area (Å²) in [6.45, 7) is 9.04. The van der Waals surface area contributed by atoms with Crippen LogP contribution in [-0.2, 0) is 17.3 Å². The van der Waals surface area contributed by atoms with Crippen LogP contribution in [0.25, 0.3) is 0 Å². The Morgan fingerprint density at radius 1 is 1.36 bits per heavy atom. The second kappa shape index (κ2) is 12.7. The van der Waals surface area contributed by atoms with Gasteiger partial charge in [0.1, 0.15) is 0 Å². The molecule has 0 radical (unpaired) electrons. The van der Waals surface area contributed by atoms with Gasteiger partial charge in [-0.25, -0.2) is 4.98 Å². The van der Waals surface area contributed by atoms with E-state index < -0.39 is 11.9 Å². The molecule has 0 saturated heterocycles. The zero-order valence-electron chi connectivity index (χ0n) is 14.7. The number of hydrogen-bond donors (Lipinski definition) is 2. The van der Waals surface area contributed by atoms with E-state index in [9.17, 15) is 13.2 Å². The standard InChI is InChI=1S/C15H25F3N4OS.HI/c1-4-19-14(21-7-8-23-9-11(2)3)20-6-5-13-22-12(10-24-13)15(16,17)18;/h10-11H,4-9H2,1-3H3,(H2,19,20,21);1H. The molecule has 2 N–H and O–H groups in total. The minimum atomic E-state index is -4.38. The first-order valence-electron chi connectivity index (χ1n) is 7.94. The van der Waals surface area contributed by atoms with Crippen molar-refractivity contribution >= 4 is 41.3 Å². The lowest BCUT2D eigenvalue weighted by Gasteiger charge is -2.11. The van der Waals surface area contributed by atoms with E-state index in [4.69, 9.17) is 4.74 Å². The molecule has 0 unspecified atom stereocenters. The van der Waals surface area contributed by atoms with E-state index in [0.29, 0.717) is 56.2 Å². The predicted molar refractivity (Wildman–Crippen MR) is 106 cm³/mol. The highest BCUT2D eigenvalue weighted by Crippen LogP contribution is 2.29. The zero-order chi connectivity index (χ0) is 18.0. The Labute approximate surface area is 167 Å². The monoisotopic (exact) mass is 494 g/mol. The zero-order valence-corrected chi connectivity index (χ0v) is 17.8. The summed E-state index contributed by atoms with van der Waals surface area (Å²) >= 11 is 1.02. The minimum absolute atomic E-state index is 0. The number of aliphatic imine (C=N–C) groups is 1. The van der Waals surface area contributed by atoms with Crippen LogP contribution in [0.3, 0.4) is 0 Å². The number of hydrogen-bond acceptors (Lipinski definition) is 4. The Balaban J connectivity index is 0.00000576. The summed E-state index contributed by atoms with van der Waals surface area (Å²) in [5.41, 5.74) is -0.828. The van der Waals surface area contributed by atoms with Crippen LogP contribution in [0.1, 0.15) is 31.5 Å². The van der Waals surface area contributed by atoms with Gasteiger partial charge in [0.15, 0.2) is 11.7 Å². The van der Waals surface area contributed by atoms with Gasteiger partial charge in [-0.2, -0.15) is 13.2 Å². The Kier molecular flexibility index (Phi) is 12.4. The second-order valence-corrected chi connectivity index (χ2v) is 6.47. The maximum atomic E-state index is 12.5. The molecule has 0 bridgehead atoms. The molecule has 0 aliphatic rings. The summed E-state index contributed by atoms with van der Waals surface area (Å²) in [5, 5.41) is 7.66. The number of alkyl halides is 3. The molecule has 146 valence electrons. The van der Waals surface area contributed by atoms with E-state index in [-0.39, 0.29) is 24.0 Å². The first-order chi connectivity index (χ1) is 11.3. The number of nitrogens with one attached hydrogen (secondary N) is 2. The van der Waals surface area contributed by atoms with Gasteiger partial charge in [0.25, 0.3) is 0 Å². The van der Waals surface area contributed by atoms with Gasteiger partial charge in [-0.1, -0.05) is 13.8 Å². The lowest BCUT2D eigenvalue weighted by molar-refractivity contribution is -0.140. The van der Waals surface area contributed by atoms with E-state index in [1.807, 2.05) is 6.92 Å². The highest BCUT2D eigenvalue weighted by Gasteiger charge is 2.33. The van der Waals surface area contributed by atoms with Crippen LogP contribution in [-0.4, -0.2) is 43.8 Å². The lowest BCUT2D eigenvalue weighted by Crippen LogP contribution is -2.38. The van der Waals surface area contributed by atoms with Crippen LogP contribution < -0.4 is 10.6 Å². The van der Waals surface area contributed by atoms with E-state index in [1.54, 1.807) is 0 Å². The van der Waals surface area contributed by atoms with Gasteiger partial charge in [0.05, 0.1) is 18.2 Å². The molecule has 0 atom stereocenters. The number of nitrogens with zero attached hydrogens (tertiary/aromatic N) is 2. The average molecular weight is 494 g/mol. The summed E-state index contributed by atoms with van der Waals surface area (Å²) in [6, 6.07) is 0. The summed E-state index contributed by atoms with van der Waals surface area (Å²) in [6.07, 6.45) is -3.97. The quantitative estimate of drug-likeness (QED) is 0.239. The molecule has 0 aliphatic carbocycles. The first-order valence-corrected chi connectivity index (χ1v) is 8.82. The lowest BCUT2D eigenvalue weighted by atomic mass is 10.2. The maximum Gasteiger partial charge on any atom is 0.434 e. The fourth-order valence-corrected chi connectivity index (χ4v) is 2.53. The normalized spacial score (nSPS) is 12.2. The minimum Gasteiger partial charge on any atom is -0.379 e. The van der Waals surface area contributed by atoms with Crippen molar-refractivity contribution in [3.05, 3.63) is 16.1 Å². The molecule has 1 aromatic heterocycles.